The van der Waals surface area contributed by atoms with E-state index in [0.29, 0.717) is 0 Å². The Kier molecular flexibility index (Phi) is 5.62. The molecular weight excluding hydrogens is 516 g/mol. The highest BCUT2D eigenvalue weighted by Crippen LogP contribution is 2.37. The normalized spacial score (nSPS) is 11.7. The Morgan fingerprint density at radius 1 is 0.405 bits per heavy atom. The number of ether oxygens (including phenoxy) is 1. The summed E-state index contributed by atoms with van der Waals surface area (Å²) in [5.41, 5.74) is 8.87. The SMILES string of the molecule is COC.c1ccc2c(c1)c1ccccc1n2-c1ccc2oc3ccc(-n4c5ccccc5c5ccccc54)cc3c2c1. The van der Waals surface area contributed by atoms with E-state index >= 15 is 0 Å². The predicted molar refractivity (Wildman–Crippen MR) is 175 cm³/mol. The van der Waals surface area contributed by atoms with Crippen molar-refractivity contribution < 1.29 is 9.15 Å². The Hall–Kier alpha value is -5.32. The molecule has 9 rings (SSSR count). The van der Waals surface area contributed by atoms with Gasteiger partial charge in [-0.3, -0.25) is 0 Å². The summed E-state index contributed by atoms with van der Waals surface area (Å²) in [5, 5.41) is 7.29. The molecule has 0 aliphatic carbocycles. The average molecular weight is 545 g/mol. The van der Waals surface area contributed by atoms with Crippen LogP contribution in [0.25, 0.3) is 76.9 Å². The van der Waals surface area contributed by atoms with Crippen LogP contribution in [-0.2, 0) is 4.74 Å². The number of methoxy groups -OCH3 is 1. The molecule has 9 aromatic rings. The zero-order valence-electron chi connectivity index (χ0n) is 23.4. The number of para-hydroxylation sites is 4. The number of hydrogen-bond acceptors (Lipinski definition) is 2. The van der Waals surface area contributed by atoms with Crippen molar-refractivity contribution in [3.63, 3.8) is 0 Å². The molecule has 3 heterocycles. The molecule has 0 aliphatic heterocycles. The van der Waals surface area contributed by atoms with Crippen LogP contribution in [0.1, 0.15) is 0 Å². The van der Waals surface area contributed by atoms with Crippen molar-refractivity contribution in [2.24, 2.45) is 0 Å². The number of benzene rings is 6. The second-order valence-corrected chi connectivity index (χ2v) is 10.6. The maximum Gasteiger partial charge on any atom is 0.135 e. The molecule has 202 valence electrons. The Morgan fingerprint density at radius 2 is 0.714 bits per heavy atom. The van der Waals surface area contributed by atoms with Crippen LogP contribution in [0.2, 0.25) is 0 Å². The highest BCUT2D eigenvalue weighted by Gasteiger charge is 2.16. The molecule has 0 N–H and O–H groups in total. The lowest BCUT2D eigenvalue weighted by molar-refractivity contribution is 0.277. The van der Waals surface area contributed by atoms with E-state index in [1.165, 1.54) is 43.6 Å². The van der Waals surface area contributed by atoms with E-state index < -0.39 is 0 Å². The molecule has 0 saturated heterocycles. The van der Waals surface area contributed by atoms with E-state index in [9.17, 15) is 0 Å². The van der Waals surface area contributed by atoms with Crippen LogP contribution in [0, 0.1) is 0 Å². The van der Waals surface area contributed by atoms with E-state index in [2.05, 4.69) is 147 Å². The molecule has 0 amide bonds. The molecule has 0 aliphatic rings. The van der Waals surface area contributed by atoms with E-state index in [1.807, 2.05) is 0 Å². The van der Waals surface area contributed by atoms with Gasteiger partial charge in [0.25, 0.3) is 0 Å². The number of fused-ring (bicyclic) bond motifs is 9. The fourth-order valence-electron chi connectivity index (χ4n) is 6.43. The van der Waals surface area contributed by atoms with Gasteiger partial charge in [0, 0.05) is 57.9 Å². The van der Waals surface area contributed by atoms with E-state index in [0.717, 1.165) is 33.3 Å². The second kappa shape index (κ2) is 9.65. The molecule has 6 aromatic carbocycles. The summed E-state index contributed by atoms with van der Waals surface area (Å²) < 4.78 is 15.3. The first-order valence-corrected chi connectivity index (χ1v) is 14.1. The molecule has 0 spiro atoms. The molecule has 42 heavy (non-hydrogen) atoms. The van der Waals surface area contributed by atoms with Gasteiger partial charge in [0.15, 0.2) is 0 Å². The summed E-state index contributed by atoms with van der Waals surface area (Å²) >= 11 is 0. The maximum absolute atomic E-state index is 6.33. The summed E-state index contributed by atoms with van der Waals surface area (Å²) in [4.78, 5) is 0. The van der Waals surface area contributed by atoms with Crippen molar-refractivity contribution in [1.82, 2.24) is 9.13 Å². The predicted octanol–water partition coefficient (Wildman–Crippen LogP) is 10.0. The molecular formula is C38H28N2O2. The van der Waals surface area contributed by atoms with Crippen LogP contribution in [0.5, 0.6) is 0 Å². The number of aromatic nitrogens is 2. The van der Waals surface area contributed by atoms with Gasteiger partial charge in [-0.1, -0.05) is 72.8 Å². The van der Waals surface area contributed by atoms with Crippen LogP contribution in [-0.4, -0.2) is 23.4 Å². The van der Waals surface area contributed by atoms with Crippen LogP contribution in [0.3, 0.4) is 0 Å². The fraction of sp³-hybridized carbons (Fsp3) is 0.0526. The Morgan fingerprint density at radius 3 is 1.05 bits per heavy atom. The summed E-state index contributed by atoms with van der Waals surface area (Å²) in [7, 11) is 3.25. The lowest BCUT2D eigenvalue weighted by Crippen LogP contribution is -1.94. The van der Waals surface area contributed by atoms with Crippen LogP contribution in [0.4, 0.5) is 0 Å². The fourth-order valence-corrected chi connectivity index (χ4v) is 6.43. The second-order valence-electron chi connectivity index (χ2n) is 10.6. The average Bonchev–Trinajstić information content (AvgIpc) is 3.68. The molecule has 0 fully saturated rings. The van der Waals surface area contributed by atoms with Gasteiger partial charge >= 0.3 is 0 Å². The van der Waals surface area contributed by atoms with Gasteiger partial charge in [0.1, 0.15) is 11.2 Å². The highest BCUT2D eigenvalue weighted by molar-refractivity contribution is 6.12. The number of nitrogens with zero attached hydrogens (tertiary/aromatic N) is 2. The van der Waals surface area contributed by atoms with Crippen molar-refractivity contribution in [3.8, 4) is 11.4 Å². The number of rotatable bonds is 2. The van der Waals surface area contributed by atoms with Gasteiger partial charge in [0.05, 0.1) is 22.1 Å². The van der Waals surface area contributed by atoms with Crippen molar-refractivity contribution in [2.75, 3.05) is 14.2 Å². The van der Waals surface area contributed by atoms with Gasteiger partial charge in [-0.2, -0.15) is 0 Å². The standard InChI is InChI=1S/C36H22N2O.C2H6O/c1-5-13-31-25(9-1)26-10-2-6-14-32(26)37(31)23-17-19-35-29(21-23)30-22-24(18-20-36(30)39-35)38-33-15-7-3-11-27(33)28-12-4-8-16-34(28)38;1-3-2/h1-22H;1-2H3. The third-order valence-electron chi connectivity index (χ3n) is 8.11. The smallest absolute Gasteiger partial charge is 0.135 e. The minimum atomic E-state index is 0.897. The molecule has 0 radical (unpaired) electrons. The van der Waals surface area contributed by atoms with Gasteiger partial charge in [0.2, 0.25) is 0 Å². The lowest BCUT2D eigenvalue weighted by Gasteiger charge is -2.09. The van der Waals surface area contributed by atoms with E-state index in [1.54, 1.807) is 14.2 Å². The summed E-state index contributed by atoms with van der Waals surface area (Å²) in [6.45, 7) is 0. The van der Waals surface area contributed by atoms with Gasteiger partial charge in [-0.25, -0.2) is 0 Å². The first-order chi connectivity index (χ1) is 20.8. The van der Waals surface area contributed by atoms with Crippen molar-refractivity contribution in [3.05, 3.63) is 133 Å². The molecule has 0 unspecified atom stereocenters. The Balaban J connectivity index is 0.000000856. The first kappa shape index (κ1) is 24.5. The van der Waals surface area contributed by atoms with Gasteiger partial charge < -0.3 is 18.3 Å². The third-order valence-corrected chi connectivity index (χ3v) is 8.11. The van der Waals surface area contributed by atoms with Crippen LogP contribution < -0.4 is 0 Å². The quantitative estimate of drug-likeness (QED) is 0.217. The van der Waals surface area contributed by atoms with Crippen LogP contribution >= 0.6 is 0 Å². The van der Waals surface area contributed by atoms with Crippen molar-refractivity contribution in [2.45, 2.75) is 0 Å². The minimum absolute atomic E-state index is 0.897. The third kappa shape index (κ3) is 3.59. The highest BCUT2D eigenvalue weighted by atomic mass is 16.4. The zero-order valence-corrected chi connectivity index (χ0v) is 23.4. The van der Waals surface area contributed by atoms with Crippen molar-refractivity contribution >= 4 is 65.6 Å². The first-order valence-electron chi connectivity index (χ1n) is 14.1. The molecule has 0 bridgehead atoms. The monoisotopic (exact) mass is 544 g/mol. The Bertz CT molecular complexity index is 2150. The summed E-state index contributed by atoms with van der Waals surface area (Å²) in [6, 6.07) is 47.6. The van der Waals surface area contributed by atoms with Crippen LogP contribution in [0.15, 0.2) is 138 Å². The lowest BCUT2D eigenvalue weighted by atomic mass is 10.1. The van der Waals surface area contributed by atoms with Crippen molar-refractivity contribution in [1.29, 1.82) is 0 Å². The largest absolute Gasteiger partial charge is 0.456 e. The van der Waals surface area contributed by atoms with Gasteiger partial charge in [-0.05, 0) is 60.7 Å². The zero-order chi connectivity index (χ0) is 28.2. The summed E-state index contributed by atoms with van der Waals surface area (Å²) in [6.07, 6.45) is 0. The Labute approximate surface area is 242 Å². The minimum Gasteiger partial charge on any atom is -0.456 e. The topological polar surface area (TPSA) is 32.2 Å². The molecule has 4 nitrogen and oxygen atoms in total. The molecule has 0 atom stereocenters. The number of furan rings is 1. The van der Waals surface area contributed by atoms with E-state index in [4.69, 9.17) is 4.42 Å². The molecule has 4 heteroatoms. The van der Waals surface area contributed by atoms with E-state index in [-0.39, 0.29) is 0 Å². The number of hydrogen-bond donors (Lipinski definition) is 0. The molecule has 0 saturated carbocycles. The molecule has 3 aromatic heterocycles. The van der Waals surface area contributed by atoms with Gasteiger partial charge in [-0.15, -0.1) is 0 Å². The summed E-state index contributed by atoms with van der Waals surface area (Å²) in [5.74, 6) is 0. The maximum atomic E-state index is 6.33.